The van der Waals surface area contributed by atoms with Crippen LogP contribution in [0.25, 0.3) is 0 Å². The molecular weight excluding hydrogens is 368 g/mol. The second-order valence-corrected chi connectivity index (χ2v) is 11.2. The van der Waals surface area contributed by atoms with Crippen LogP contribution >= 0.6 is 0 Å². The first-order valence-electron chi connectivity index (χ1n) is 13.8. The lowest BCUT2D eigenvalue weighted by atomic mass is 9.73. The van der Waals surface area contributed by atoms with E-state index in [1.165, 1.54) is 103 Å². The molecule has 0 aromatic heterocycles. The summed E-state index contributed by atoms with van der Waals surface area (Å²) in [6.07, 6.45) is 25.5. The van der Waals surface area contributed by atoms with Gasteiger partial charge in [0.1, 0.15) is 0 Å². The second kappa shape index (κ2) is 13.1. The summed E-state index contributed by atoms with van der Waals surface area (Å²) < 4.78 is 5.22. The number of hydrogen-bond donors (Lipinski definition) is 0. The monoisotopic (exact) mass is 418 g/mol. The van der Waals surface area contributed by atoms with Gasteiger partial charge in [0.05, 0.1) is 12.5 Å². The number of carbonyl (C=O) groups excluding carboxylic acids is 1. The van der Waals surface area contributed by atoms with Gasteiger partial charge in [0.2, 0.25) is 0 Å². The van der Waals surface area contributed by atoms with E-state index in [1.54, 1.807) is 0 Å². The molecule has 2 nitrogen and oxygen atoms in total. The van der Waals surface area contributed by atoms with Crippen LogP contribution in [0.15, 0.2) is 0 Å². The van der Waals surface area contributed by atoms with Crippen LogP contribution in [0, 0.1) is 35.5 Å². The molecule has 3 aliphatic rings. The zero-order valence-electron chi connectivity index (χ0n) is 20.2. The molecule has 3 rings (SSSR count). The molecule has 0 N–H and O–H groups in total. The van der Waals surface area contributed by atoms with E-state index < -0.39 is 0 Å². The van der Waals surface area contributed by atoms with Gasteiger partial charge in [-0.2, -0.15) is 0 Å². The molecule has 0 amide bonds. The van der Waals surface area contributed by atoms with Crippen molar-refractivity contribution >= 4 is 5.97 Å². The van der Waals surface area contributed by atoms with Gasteiger partial charge >= 0.3 is 5.97 Å². The molecule has 0 aliphatic heterocycles. The Hall–Kier alpha value is -0.530. The molecule has 3 fully saturated rings. The van der Waals surface area contributed by atoms with Crippen LogP contribution in [0.5, 0.6) is 0 Å². The summed E-state index contributed by atoms with van der Waals surface area (Å²) in [6, 6.07) is 0. The quantitative estimate of drug-likeness (QED) is 0.333. The maximum atomic E-state index is 11.9. The predicted molar refractivity (Wildman–Crippen MR) is 126 cm³/mol. The van der Waals surface area contributed by atoms with Crippen LogP contribution in [0.2, 0.25) is 0 Å². The van der Waals surface area contributed by atoms with Gasteiger partial charge in [-0.1, -0.05) is 96.8 Å². The van der Waals surface area contributed by atoms with Gasteiger partial charge in [-0.25, -0.2) is 0 Å². The Kier molecular flexibility index (Phi) is 10.5. The van der Waals surface area contributed by atoms with E-state index in [4.69, 9.17) is 4.74 Å². The van der Waals surface area contributed by atoms with Gasteiger partial charge in [0, 0.05) is 0 Å². The third-order valence-corrected chi connectivity index (χ3v) is 9.06. The zero-order chi connectivity index (χ0) is 21.2. The number of hydrogen-bond acceptors (Lipinski definition) is 2. The number of esters is 1. The highest BCUT2D eigenvalue weighted by Crippen LogP contribution is 2.40. The molecule has 3 saturated carbocycles. The third kappa shape index (κ3) is 7.86. The van der Waals surface area contributed by atoms with Crippen molar-refractivity contribution in [2.75, 3.05) is 6.61 Å². The Morgan fingerprint density at radius 3 is 1.23 bits per heavy atom. The number of carbonyl (C=O) groups is 1. The Morgan fingerprint density at radius 1 is 0.567 bits per heavy atom. The summed E-state index contributed by atoms with van der Waals surface area (Å²) in [5, 5.41) is 0. The molecule has 174 valence electrons. The molecule has 0 unspecified atom stereocenters. The van der Waals surface area contributed by atoms with Crippen molar-refractivity contribution in [3.8, 4) is 0 Å². The van der Waals surface area contributed by atoms with Gasteiger partial charge in [0.25, 0.3) is 0 Å². The van der Waals surface area contributed by atoms with Gasteiger partial charge in [-0.3, -0.25) is 4.79 Å². The largest absolute Gasteiger partial charge is 0.466 e. The first-order chi connectivity index (χ1) is 14.7. The summed E-state index contributed by atoms with van der Waals surface area (Å²) in [7, 11) is 0. The van der Waals surface area contributed by atoms with Gasteiger partial charge in [0.15, 0.2) is 0 Å². The fourth-order valence-electron chi connectivity index (χ4n) is 6.92. The second-order valence-electron chi connectivity index (χ2n) is 11.2. The first-order valence-corrected chi connectivity index (χ1v) is 13.8. The van der Waals surface area contributed by atoms with Crippen molar-refractivity contribution in [1.29, 1.82) is 0 Å². The van der Waals surface area contributed by atoms with Crippen LogP contribution < -0.4 is 0 Å². The fraction of sp³-hybridized carbons (Fsp3) is 0.964. The molecule has 0 heterocycles. The van der Waals surface area contributed by atoms with Crippen molar-refractivity contribution < 1.29 is 9.53 Å². The van der Waals surface area contributed by atoms with E-state index >= 15 is 0 Å². The highest BCUT2D eigenvalue weighted by atomic mass is 16.5. The van der Waals surface area contributed by atoms with Gasteiger partial charge < -0.3 is 4.74 Å². The average Bonchev–Trinajstić information content (AvgIpc) is 2.79. The lowest BCUT2D eigenvalue weighted by Crippen LogP contribution is -2.24. The molecule has 0 saturated heterocycles. The lowest BCUT2D eigenvalue weighted by molar-refractivity contribution is -0.149. The Balaban J connectivity index is 1.22. The summed E-state index contributed by atoms with van der Waals surface area (Å²) in [6.45, 7) is 4.79. The van der Waals surface area contributed by atoms with Crippen molar-refractivity contribution in [1.82, 2.24) is 0 Å². The SMILES string of the molecule is CCC[C@H]1CC[C@H](CC[C@H]2CC[C@H](CC[C@H]3CC[C@H](C(=O)OCC)CC3)CC2)CC1. The first kappa shape index (κ1) is 24.1. The number of rotatable bonds is 10. The normalized spacial score (nSPS) is 35.1. The van der Waals surface area contributed by atoms with E-state index in [-0.39, 0.29) is 11.9 Å². The summed E-state index contributed by atoms with van der Waals surface area (Å²) in [5.41, 5.74) is 0. The standard InChI is InChI=1S/C28H50O2/c1-3-5-22-6-8-23(9-7-22)10-11-24-12-14-25(15-13-24)16-17-26-18-20-27(21-19-26)28(29)30-4-2/h22-27H,3-21H2,1-2H3/t22-,23-,24-,25-,26-,27-. The Labute approximate surface area is 187 Å². The van der Waals surface area contributed by atoms with Crippen LogP contribution in [-0.2, 0) is 9.53 Å². The smallest absolute Gasteiger partial charge is 0.308 e. The molecule has 3 aliphatic carbocycles. The molecule has 0 atom stereocenters. The molecule has 0 bridgehead atoms. The van der Waals surface area contributed by atoms with E-state index in [9.17, 15) is 4.79 Å². The van der Waals surface area contributed by atoms with E-state index in [0.717, 1.165) is 42.4 Å². The van der Waals surface area contributed by atoms with Crippen molar-refractivity contribution in [2.45, 2.75) is 129 Å². The Morgan fingerprint density at radius 2 is 0.900 bits per heavy atom. The van der Waals surface area contributed by atoms with Gasteiger partial charge in [-0.15, -0.1) is 0 Å². The van der Waals surface area contributed by atoms with Crippen molar-refractivity contribution in [3.63, 3.8) is 0 Å². The lowest BCUT2D eigenvalue weighted by Gasteiger charge is -2.33. The van der Waals surface area contributed by atoms with Gasteiger partial charge in [-0.05, 0) is 62.2 Å². The minimum absolute atomic E-state index is 0.0586. The molecule has 0 aromatic rings. The van der Waals surface area contributed by atoms with Crippen LogP contribution in [0.4, 0.5) is 0 Å². The Bertz CT molecular complexity index is 463. The van der Waals surface area contributed by atoms with Crippen LogP contribution in [0.3, 0.4) is 0 Å². The van der Waals surface area contributed by atoms with Crippen LogP contribution in [-0.4, -0.2) is 12.6 Å². The summed E-state index contributed by atoms with van der Waals surface area (Å²) in [4.78, 5) is 11.9. The maximum Gasteiger partial charge on any atom is 0.308 e. The minimum Gasteiger partial charge on any atom is -0.466 e. The molecule has 0 aromatic carbocycles. The molecule has 2 heteroatoms. The average molecular weight is 419 g/mol. The topological polar surface area (TPSA) is 26.3 Å². The predicted octanol–water partition coefficient (Wildman–Crippen LogP) is 8.33. The highest BCUT2D eigenvalue weighted by molar-refractivity contribution is 5.72. The third-order valence-electron chi connectivity index (χ3n) is 9.06. The molecule has 0 spiro atoms. The zero-order valence-corrected chi connectivity index (χ0v) is 20.2. The highest BCUT2D eigenvalue weighted by Gasteiger charge is 2.29. The molecule has 30 heavy (non-hydrogen) atoms. The minimum atomic E-state index is 0.0586. The summed E-state index contributed by atoms with van der Waals surface area (Å²) >= 11 is 0. The van der Waals surface area contributed by atoms with E-state index in [2.05, 4.69) is 6.92 Å². The molecule has 0 radical (unpaired) electrons. The molecular formula is C28H50O2. The van der Waals surface area contributed by atoms with E-state index in [0.29, 0.717) is 6.61 Å². The maximum absolute atomic E-state index is 11.9. The van der Waals surface area contributed by atoms with Crippen LogP contribution in [0.1, 0.15) is 129 Å². The van der Waals surface area contributed by atoms with Crippen molar-refractivity contribution in [2.24, 2.45) is 35.5 Å². The number of ether oxygens (including phenoxy) is 1. The summed E-state index contributed by atoms with van der Waals surface area (Å²) in [5.74, 6) is 5.27. The van der Waals surface area contributed by atoms with Crippen molar-refractivity contribution in [3.05, 3.63) is 0 Å². The van der Waals surface area contributed by atoms with E-state index in [1.807, 2.05) is 6.92 Å². The fourth-order valence-corrected chi connectivity index (χ4v) is 6.92.